The molecule has 2 nitrogen and oxygen atoms in total. The van der Waals surface area contributed by atoms with Gasteiger partial charge in [-0.25, -0.2) is 4.39 Å². The first kappa shape index (κ1) is 15.1. The first-order chi connectivity index (χ1) is 10.4. The molecule has 0 aromatic rings. The van der Waals surface area contributed by atoms with Crippen molar-refractivity contribution in [1.82, 2.24) is 0 Å². The van der Waals surface area contributed by atoms with E-state index in [1.54, 1.807) is 0 Å². The summed E-state index contributed by atoms with van der Waals surface area (Å²) in [4.78, 5) is 0. The van der Waals surface area contributed by atoms with Crippen molar-refractivity contribution in [3.63, 3.8) is 0 Å². The molecular weight excluding hydrogens is 279 g/mol. The summed E-state index contributed by atoms with van der Waals surface area (Å²) in [6, 6.07) is 0. The highest BCUT2D eigenvalue weighted by Gasteiger charge is 2.59. The molecule has 4 aliphatic rings. The van der Waals surface area contributed by atoms with E-state index in [0.717, 1.165) is 51.4 Å². The average molecular weight is 308 g/mol. The maximum atomic E-state index is 14.4. The van der Waals surface area contributed by atoms with Crippen molar-refractivity contribution >= 4 is 0 Å². The van der Waals surface area contributed by atoms with Gasteiger partial charge < -0.3 is 10.2 Å². The minimum Gasteiger partial charge on any atom is -0.393 e. The zero-order chi connectivity index (χ0) is 15.5. The summed E-state index contributed by atoms with van der Waals surface area (Å²) in [5.41, 5.74) is 0.0225. The third-order valence-corrected chi connectivity index (χ3v) is 7.63. The molecule has 3 heteroatoms. The van der Waals surface area contributed by atoms with Crippen molar-refractivity contribution in [3.05, 3.63) is 11.6 Å². The van der Waals surface area contributed by atoms with Crippen LogP contribution in [0.5, 0.6) is 0 Å². The standard InChI is InChI=1S/C19H29FO2/c1-18-8-7-14-10-13-11-15(21)3-2-12(13)6-9-19(14,22)16(18)4-5-17(18)20/h7,12-13,15-17,21-22H,2-6,8-11H2,1H3/t12?,13?,15?,16?,17?,18?,19-/m1/s1. The highest BCUT2D eigenvalue weighted by atomic mass is 19.1. The lowest BCUT2D eigenvalue weighted by atomic mass is 9.60. The predicted octanol–water partition coefficient (Wildman–Crippen LogP) is 3.76. The molecule has 0 amide bonds. The van der Waals surface area contributed by atoms with Gasteiger partial charge in [-0.05, 0) is 75.2 Å². The molecule has 22 heavy (non-hydrogen) atoms. The molecule has 0 bridgehead atoms. The van der Waals surface area contributed by atoms with Crippen molar-refractivity contribution in [3.8, 4) is 0 Å². The quantitative estimate of drug-likeness (QED) is 0.669. The summed E-state index contributed by atoms with van der Waals surface area (Å²) in [5, 5.41) is 21.5. The Hall–Kier alpha value is -0.410. The summed E-state index contributed by atoms with van der Waals surface area (Å²) in [5.74, 6) is 1.23. The molecule has 0 saturated heterocycles. The van der Waals surface area contributed by atoms with E-state index in [1.165, 1.54) is 5.57 Å². The van der Waals surface area contributed by atoms with E-state index in [2.05, 4.69) is 6.08 Å². The largest absolute Gasteiger partial charge is 0.393 e. The Labute approximate surface area is 132 Å². The van der Waals surface area contributed by atoms with Crippen LogP contribution in [0.3, 0.4) is 0 Å². The number of hydrogen-bond donors (Lipinski definition) is 2. The van der Waals surface area contributed by atoms with E-state index >= 15 is 0 Å². The fraction of sp³-hybridized carbons (Fsp3) is 0.895. The van der Waals surface area contributed by atoms with Crippen LogP contribution >= 0.6 is 0 Å². The first-order valence-corrected chi connectivity index (χ1v) is 9.17. The zero-order valence-electron chi connectivity index (χ0n) is 13.6. The van der Waals surface area contributed by atoms with Crippen molar-refractivity contribution in [2.45, 2.75) is 82.6 Å². The molecular formula is C19H29FO2. The zero-order valence-corrected chi connectivity index (χ0v) is 13.6. The number of alkyl halides is 1. The van der Waals surface area contributed by atoms with Crippen LogP contribution in [0.25, 0.3) is 0 Å². The van der Waals surface area contributed by atoms with Gasteiger partial charge in [-0.3, -0.25) is 0 Å². The van der Waals surface area contributed by atoms with Crippen molar-refractivity contribution in [2.75, 3.05) is 0 Å². The maximum Gasteiger partial charge on any atom is 0.106 e. The van der Waals surface area contributed by atoms with Gasteiger partial charge in [0.25, 0.3) is 0 Å². The number of aliphatic hydroxyl groups excluding tert-OH is 1. The Morgan fingerprint density at radius 3 is 2.77 bits per heavy atom. The third-order valence-electron chi connectivity index (χ3n) is 7.63. The lowest BCUT2D eigenvalue weighted by molar-refractivity contribution is -0.0609. The van der Waals surface area contributed by atoms with E-state index < -0.39 is 11.8 Å². The molecule has 3 saturated carbocycles. The Kier molecular flexibility index (Phi) is 3.47. The number of fused-ring (bicyclic) bond motifs is 4. The summed E-state index contributed by atoms with van der Waals surface area (Å²) < 4.78 is 14.4. The second kappa shape index (κ2) is 5.04. The normalized spacial score (nSPS) is 54.7. The first-order valence-electron chi connectivity index (χ1n) is 9.17. The lowest BCUT2D eigenvalue weighted by Gasteiger charge is -2.48. The Morgan fingerprint density at radius 2 is 1.95 bits per heavy atom. The Bertz CT molecular complexity index is 490. The van der Waals surface area contributed by atoms with Gasteiger partial charge in [0.05, 0.1) is 11.7 Å². The molecule has 3 fully saturated rings. The molecule has 0 aliphatic heterocycles. The monoisotopic (exact) mass is 308 g/mol. The van der Waals surface area contributed by atoms with E-state index in [1.807, 2.05) is 6.92 Å². The second-order valence-corrected chi connectivity index (χ2v) is 8.69. The predicted molar refractivity (Wildman–Crippen MR) is 84.1 cm³/mol. The molecule has 0 aromatic carbocycles. The fourth-order valence-electron chi connectivity index (χ4n) is 6.20. The molecule has 0 aromatic heterocycles. The van der Waals surface area contributed by atoms with Gasteiger partial charge in [0, 0.05) is 11.3 Å². The minimum atomic E-state index is -0.782. The summed E-state index contributed by atoms with van der Waals surface area (Å²) >= 11 is 0. The Morgan fingerprint density at radius 1 is 1.14 bits per heavy atom. The molecule has 0 spiro atoms. The van der Waals surface area contributed by atoms with Gasteiger partial charge in [-0.1, -0.05) is 13.0 Å². The van der Waals surface area contributed by atoms with Gasteiger partial charge in [0.1, 0.15) is 6.17 Å². The fourth-order valence-corrected chi connectivity index (χ4v) is 6.20. The SMILES string of the molecule is CC12CC=C3CC4CC(O)CCC4CC[C@]3(O)C1CCC2F. The molecule has 0 heterocycles. The number of aliphatic hydroxyl groups is 2. The van der Waals surface area contributed by atoms with Crippen LogP contribution in [0.4, 0.5) is 4.39 Å². The highest BCUT2D eigenvalue weighted by molar-refractivity contribution is 5.29. The number of hydrogen-bond acceptors (Lipinski definition) is 2. The summed E-state index contributed by atoms with van der Waals surface area (Å²) in [6.45, 7) is 2.04. The van der Waals surface area contributed by atoms with Crippen molar-refractivity contribution in [2.24, 2.45) is 23.2 Å². The van der Waals surface area contributed by atoms with Gasteiger partial charge >= 0.3 is 0 Å². The van der Waals surface area contributed by atoms with Gasteiger partial charge in [-0.2, -0.15) is 0 Å². The van der Waals surface area contributed by atoms with Crippen LogP contribution in [-0.4, -0.2) is 28.1 Å². The molecule has 7 atom stereocenters. The third kappa shape index (κ3) is 2.04. The van der Waals surface area contributed by atoms with Crippen molar-refractivity contribution in [1.29, 1.82) is 0 Å². The number of halogens is 1. The lowest BCUT2D eigenvalue weighted by Crippen LogP contribution is -2.50. The maximum absolute atomic E-state index is 14.4. The van der Waals surface area contributed by atoms with Gasteiger partial charge in [0.2, 0.25) is 0 Å². The van der Waals surface area contributed by atoms with E-state index in [9.17, 15) is 14.6 Å². The highest BCUT2D eigenvalue weighted by Crippen LogP contribution is 2.60. The van der Waals surface area contributed by atoms with E-state index in [4.69, 9.17) is 0 Å². The van der Waals surface area contributed by atoms with Crippen LogP contribution in [-0.2, 0) is 0 Å². The van der Waals surface area contributed by atoms with Crippen LogP contribution in [0, 0.1) is 23.2 Å². The van der Waals surface area contributed by atoms with Crippen LogP contribution in [0.1, 0.15) is 64.7 Å². The molecule has 4 aliphatic carbocycles. The van der Waals surface area contributed by atoms with Gasteiger partial charge in [0.15, 0.2) is 0 Å². The number of rotatable bonds is 0. The molecule has 124 valence electrons. The smallest absolute Gasteiger partial charge is 0.106 e. The molecule has 2 N–H and O–H groups in total. The minimum absolute atomic E-state index is 0.0834. The second-order valence-electron chi connectivity index (χ2n) is 8.69. The van der Waals surface area contributed by atoms with E-state index in [0.29, 0.717) is 18.3 Å². The topological polar surface area (TPSA) is 40.5 Å². The summed E-state index contributed by atoms with van der Waals surface area (Å²) in [7, 11) is 0. The van der Waals surface area contributed by atoms with Crippen LogP contribution < -0.4 is 0 Å². The summed E-state index contributed by atoms with van der Waals surface area (Å²) in [6.07, 6.45) is 9.06. The van der Waals surface area contributed by atoms with Crippen LogP contribution in [0.2, 0.25) is 0 Å². The molecule has 4 rings (SSSR count). The average Bonchev–Trinajstić information content (AvgIpc) is 2.70. The number of allylic oxidation sites excluding steroid dienone is 1. The Balaban J connectivity index is 1.66. The molecule has 0 radical (unpaired) electrons. The van der Waals surface area contributed by atoms with Crippen LogP contribution in [0.15, 0.2) is 11.6 Å². The van der Waals surface area contributed by atoms with Crippen molar-refractivity contribution < 1.29 is 14.6 Å². The van der Waals surface area contributed by atoms with E-state index in [-0.39, 0.29) is 17.4 Å². The molecule has 6 unspecified atom stereocenters. The van der Waals surface area contributed by atoms with Gasteiger partial charge in [-0.15, -0.1) is 0 Å².